The average molecular weight is 240 g/mol. The summed E-state index contributed by atoms with van der Waals surface area (Å²) in [4.78, 5) is 12.0. The first-order valence-corrected chi connectivity index (χ1v) is 5.69. The second-order valence-electron chi connectivity index (χ2n) is 4.39. The van der Waals surface area contributed by atoms with Gasteiger partial charge in [-0.2, -0.15) is 0 Å². The molecule has 1 aliphatic carbocycles. The van der Waals surface area contributed by atoms with Gasteiger partial charge >= 0.3 is 0 Å². The van der Waals surface area contributed by atoms with Crippen LogP contribution in [0.3, 0.4) is 0 Å². The molecule has 0 radical (unpaired) electrons. The highest BCUT2D eigenvalue weighted by Crippen LogP contribution is 2.41. The summed E-state index contributed by atoms with van der Waals surface area (Å²) in [6.07, 6.45) is 1.54. The largest absolute Gasteiger partial charge is 0.507 e. The number of rotatable bonds is 1. The van der Waals surface area contributed by atoms with Crippen LogP contribution in [0.15, 0.2) is 30.3 Å². The minimum absolute atomic E-state index is 0.0192. The molecule has 0 heterocycles. The van der Waals surface area contributed by atoms with Gasteiger partial charge in [0.1, 0.15) is 11.5 Å². The molecule has 0 bridgehead atoms. The summed E-state index contributed by atoms with van der Waals surface area (Å²) in [6.45, 7) is 1.88. The number of carbonyl (C=O) groups excluding carboxylic acids is 1. The number of benzene rings is 2. The number of aromatic hydroxyl groups is 1. The third kappa shape index (κ3) is 1.27. The number of hydrogen-bond acceptors (Lipinski definition) is 3. The van der Waals surface area contributed by atoms with Gasteiger partial charge in [-0.1, -0.05) is 12.1 Å². The van der Waals surface area contributed by atoms with Crippen molar-refractivity contribution in [1.29, 1.82) is 0 Å². The summed E-state index contributed by atoms with van der Waals surface area (Å²) in [7, 11) is 1.60. The molecule has 0 amide bonds. The summed E-state index contributed by atoms with van der Waals surface area (Å²) in [6, 6.07) is 7.14. The van der Waals surface area contributed by atoms with Gasteiger partial charge in [-0.3, -0.25) is 4.79 Å². The normalized spacial score (nSPS) is 13.7. The summed E-state index contributed by atoms with van der Waals surface area (Å²) in [5.41, 5.74) is 2.12. The molecule has 0 aromatic heterocycles. The SMILES string of the molecule is COc1ccc2ccc(O)c3c2c1C(C)=CC3=O. The van der Waals surface area contributed by atoms with E-state index in [2.05, 4.69) is 0 Å². The lowest BCUT2D eigenvalue weighted by molar-refractivity contribution is 0.104. The van der Waals surface area contributed by atoms with E-state index in [0.717, 1.165) is 27.7 Å². The second kappa shape index (κ2) is 3.60. The Morgan fingerprint density at radius 3 is 2.56 bits per heavy atom. The summed E-state index contributed by atoms with van der Waals surface area (Å²) in [5, 5.41) is 11.6. The van der Waals surface area contributed by atoms with Crippen LogP contribution in [0, 0.1) is 0 Å². The quantitative estimate of drug-likeness (QED) is 0.832. The fourth-order valence-electron chi connectivity index (χ4n) is 2.54. The number of carbonyl (C=O) groups is 1. The van der Waals surface area contributed by atoms with E-state index in [-0.39, 0.29) is 11.5 Å². The zero-order valence-corrected chi connectivity index (χ0v) is 10.2. The molecule has 18 heavy (non-hydrogen) atoms. The van der Waals surface area contributed by atoms with E-state index in [1.54, 1.807) is 19.3 Å². The lowest BCUT2D eigenvalue weighted by Gasteiger charge is -2.19. The van der Waals surface area contributed by atoms with Crippen molar-refractivity contribution < 1.29 is 14.6 Å². The molecule has 3 rings (SSSR count). The molecule has 0 fully saturated rings. The maximum atomic E-state index is 12.0. The summed E-state index contributed by atoms with van der Waals surface area (Å²) in [5.74, 6) is 0.581. The second-order valence-corrected chi connectivity index (χ2v) is 4.39. The zero-order valence-electron chi connectivity index (χ0n) is 10.2. The number of hydrogen-bond donors (Lipinski definition) is 1. The lowest BCUT2D eigenvalue weighted by atomic mass is 9.87. The molecule has 0 unspecified atom stereocenters. The number of allylic oxidation sites excluding steroid dienone is 2. The Kier molecular flexibility index (Phi) is 2.17. The van der Waals surface area contributed by atoms with Crippen LogP contribution >= 0.6 is 0 Å². The van der Waals surface area contributed by atoms with E-state index in [9.17, 15) is 9.90 Å². The first kappa shape index (κ1) is 10.8. The molecule has 0 saturated heterocycles. The molecule has 2 aromatic carbocycles. The molecule has 0 saturated carbocycles. The Labute approximate surface area is 104 Å². The average Bonchev–Trinajstić information content (AvgIpc) is 2.35. The highest BCUT2D eigenvalue weighted by Gasteiger charge is 2.24. The van der Waals surface area contributed by atoms with Gasteiger partial charge in [0, 0.05) is 10.9 Å². The predicted molar refractivity (Wildman–Crippen MR) is 70.1 cm³/mol. The van der Waals surface area contributed by atoms with Gasteiger partial charge < -0.3 is 9.84 Å². The lowest BCUT2D eigenvalue weighted by Crippen LogP contribution is -2.06. The van der Waals surface area contributed by atoms with E-state index in [1.165, 1.54) is 0 Å². The van der Waals surface area contributed by atoms with Gasteiger partial charge in [-0.25, -0.2) is 0 Å². The van der Waals surface area contributed by atoms with Crippen molar-refractivity contribution in [2.45, 2.75) is 6.92 Å². The Balaban J connectivity index is 2.57. The van der Waals surface area contributed by atoms with Crippen molar-refractivity contribution in [1.82, 2.24) is 0 Å². The number of phenols is 1. The smallest absolute Gasteiger partial charge is 0.190 e. The Morgan fingerprint density at radius 1 is 1.11 bits per heavy atom. The van der Waals surface area contributed by atoms with Gasteiger partial charge in [-0.05, 0) is 36.1 Å². The minimum atomic E-state index is -0.156. The molecular formula is C15H12O3. The fraction of sp³-hybridized carbons (Fsp3) is 0.133. The van der Waals surface area contributed by atoms with Crippen molar-refractivity contribution >= 4 is 22.1 Å². The topological polar surface area (TPSA) is 46.5 Å². The zero-order chi connectivity index (χ0) is 12.9. The standard InChI is InChI=1S/C15H12O3/c1-8-7-11(17)15-10(16)5-3-9-4-6-12(18-2)13(8)14(9)15/h3-7,16H,1-2H3. The first-order valence-electron chi connectivity index (χ1n) is 5.69. The Morgan fingerprint density at radius 2 is 1.83 bits per heavy atom. The van der Waals surface area contributed by atoms with Crippen LogP contribution in [0.4, 0.5) is 0 Å². The monoisotopic (exact) mass is 240 g/mol. The molecule has 90 valence electrons. The van der Waals surface area contributed by atoms with Crippen molar-refractivity contribution in [3.63, 3.8) is 0 Å². The van der Waals surface area contributed by atoms with Gasteiger partial charge in [0.15, 0.2) is 5.78 Å². The van der Waals surface area contributed by atoms with Crippen molar-refractivity contribution in [2.24, 2.45) is 0 Å². The molecule has 0 spiro atoms. The first-order chi connectivity index (χ1) is 8.63. The van der Waals surface area contributed by atoms with Crippen LogP contribution in [0.25, 0.3) is 16.3 Å². The van der Waals surface area contributed by atoms with Gasteiger partial charge in [0.25, 0.3) is 0 Å². The molecule has 0 atom stereocenters. The molecule has 3 nitrogen and oxygen atoms in total. The molecular weight excluding hydrogens is 228 g/mol. The van der Waals surface area contributed by atoms with E-state index in [0.29, 0.717) is 5.56 Å². The van der Waals surface area contributed by atoms with Crippen LogP contribution in [0.2, 0.25) is 0 Å². The highest BCUT2D eigenvalue weighted by atomic mass is 16.5. The van der Waals surface area contributed by atoms with E-state index in [4.69, 9.17) is 4.74 Å². The third-order valence-corrected chi connectivity index (χ3v) is 3.33. The number of methoxy groups -OCH3 is 1. The summed E-state index contributed by atoms with van der Waals surface area (Å²) >= 11 is 0. The van der Waals surface area contributed by atoms with Crippen LogP contribution in [-0.4, -0.2) is 18.0 Å². The maximum absolute atomic E-state index is 12.0. The Hall–Kier alpha value is -2.29. The number of ketones is 1. The van der Waals surface area contributed by atoms with Crippen molar-refractivity contribution in [2.75, 3.05) is 7.11 Å². The predicted octanol–water partition coefficient (Wildman–Crippen LogP) is 3.15. The van der Waals surface area contributed by atoms with E-state index in [1.807, 2.05) is 25.1 Å². The molecule has 2 aromatic rings. The Bertz CT molecular complexity index is 711. The maximum Gasteiger partial charge on any atom is 0.190 e. The van der Waals surface area contributed by atoms with Gasteiger partial charge in [-0.15, -0.1) is 0 Å². The van der Waals surface area contributed by atoms with E-state index >= 15 is 0 Å². The minimum Gasteiger partial charge on any atom is -0.507 e. The van der Waals surface area contributed by atoms with E-state index < -0.39 is 0 Å². The molecule has 1 aliphatic rings. The van der Waals surface area contributed by atoms with Crippen LogP contribution in [0.1, 0.15) is 22.8 Å². The van der Waals surface area contributed by atoms with Crippen LogP contribution in [0.5, 0.6) is 11.5 Å². The fourth-order valence-corrected chi connectivity index (χ4v) is 2.54. The van der Waals surface area contributed by atoms with Crippen LogP contribution in [-0.2, 0) is 0 Å². The van der Waals surface area contributed by atoms with Crippen LogP contribution < -0.4 is 4.74 Å². The van der Waals surface area contributed by atoms with Crippen molar-refractivity contribution in [3.05, 3.63) is 41.5 Å². The number of phenolic OH excluding ortho intramolecular Hbond substituents is 1. The third-order valence-electron chi connectivity index (χ3n) is 3.33. The molecule has 3 heteroatoms. The van der Waals surface area contributed by atoms with Gasteiger partial charge in [0.2, 0.25) is 0 Å². The van der Waals surface area contributed by atoms with Gasteiger partial charge in [0.05, 0.1) is 12.7 Å². The molecule has 0 aliphatic heterocycles. The molecule has 1 N–H and O–H groups in total. The summed E-state index contributed by atoms with van der Waals surface area (Å²) < 4.78 is 5.34. The highest BCUT2D eigenvalue weighted by molar-refractivity contribution is 6.23. The van der Waals surface area contributed by atoms with Crippen molar-refractivity contribution in [3.8, 4) is 11.5 Å². The number of ether oxygens (including phenoxy) is 1.